The monoisotopic (exact) mass is 253 g/mol. The number of benzene rings is 1. The van der Waals surface area contributed by atoms with E-state index >= 15 is 0 Å². The molecule has 2 heterocycles. The van der Waals surface area contributed by atoms with Gasteiger partial charge in [0.1, 0.15) is 12.2 Å². The van der Waals surface area contributed by atoms with Crippen LogP contribution in [0.15, 0.2) is 24.3 Å². The molecule has 3 nitrogen and oxygen atoms in total. The van der Waals surface area contributed by atoms with Crippen molar-refractivity contribution in [2.75, 3.05) is 6.54 Å². The van der Waals surface area contributed by atoms with Crippen LogP contribution in [0.5, 0.6) is 0 Å². The molecule has 0 saturated carbocycles. The number of nitrogens with one attached hydrogen (secondary N) is 1. The van der Waals surface area contributed by atoms with E-state index in [9.17, 15) is 0 Å². The van der Waals surface area contributed by atoms with E-state index < -0.39 is 5.79 Å². The first-order valence-corrected chi connectivity index (χ1v) is 6.27. The van der Waals surface area contributed by atoms with Crippen LogP contribution in [0, 0.1) is 0 Å². The number of hydrogen-bond donors (Lipinski definition) is 1. The summed E-state index contributed by atoms with van der Waals surface area (Å²) in [5, 5.41) is 4.19. The second-order valence-electron chi connectivity index (χ2n) is 5.08. The van der Waals surface area contributed by atoms with E-state index in [0.717, 1.165) is 17.1 Å². The molecule has 3 rings (SSSR count). The average molecular weight is 254 g/mol. The second-order valence-corrected chi connectivity index (χ2v) is 5.52. The van der Waals surface area contributed by atoms with Gasteiger partial charge in [0.2, 0.25) is 0 Å². The summed E-state index contributed by atoms with van der Waals surface area (Å²) in [4.78, 5) is 0. The van der Waals surface area contributed by atoms with Crippen molar-refractivity contribution in [3.8, 4) is 0 Å². The first-order chi connectivity index (χ1) is 8.05. The van der Waals surface area contributed by atoms with Crippen molar-refractivity contribution in [2.45, 2.75) is 37.9 Å². The molecule has 2 aliphatic rings. The Morgan fingerprint density at radius 1 is 1.35 bits per heavy atom. The molecule has 0 aliphatic carbocycles. The fourth-order valence-electron chi connectivity index (χ4n) is 2.67. The van der Waals surface area contributed by atoms with Gasteiger partial charge in [-0.25, -0.2) is 0 Å². The number of ether oxygens (including phenoxy) is 2. The summed E-state index contributed by atoms with van der Waals surface area (Å²) in [6.07, 6.45) is 0.206. The Kier molecular flexibility index (Phi) is 2.67. The molecule has 4 heteroatoms. The molecule has 2 unspecified atom stereocenters. The van der Waals surface area contributed by atoms with E-state index in [1.165, 1.54) is 0 Å². The van der Waals surface area contributed by atoms with Crippen molar-refractivity contribution < 1.29 is 9.47 Å². The minimum Gasteiger partial charge on any atom is -0.343 e. The molecule has 0 radical (unpaired) electrons. The minimum atomic E-state index is -0.478. The quantitative estimate of drug-likeness (QED) is 0.834. The molecule has 0 aromatic heterocycles. The SMILES string of the molecule is CC1(C)OC2CNC(c3cccc(Cl)c3)[C@H]2O1. The van der Waals surface area contributed by atoms with Gasteiger partial charge in [0.05, 0.1) is 6.04 Å². The first kappa shape index (κ1) is 11.5. The predicted octanol–water partition coefficient (Wildman–Crippen LogP) is 2.50. The van der Waals surface area contributed by atoms with E-state index in [0.29, 0.717) is 0 Å². The molecule has 2 aliphatic heterocycles. The Bertz CT molecular complexity index is 435. The van der Waals surface area contributed by atoms with Gasteiger partial charge in [0.15, 0.2) is 5.79 Å². The summed E-state index contributed by atoms with van der Waals surface area (Å²) in [7, 11) is 0. The maximum atomic E-state index is 6.02. The van der Waals surface area contributed by atoms with Crippen LogP contribution in [0.25, 0.3) is 0 Å². The lowest BCUT2D eigenvalue weighted by Crippen LogP contribution is -2.29. The largest absolute Gasteiger partial charge is 0.343 e. The third-order valence-corrected chi connectivity index (χ3v) is 3.53. The van der Waals surface area contributed by atoms with Crippen LogP contribution in [0.3, 0.4) is 0 Å². The van der Waals surface area contributed by atoms with Gasteiger partial charge < -0.3 is 14.8 Å². The molecule has 17 heavy (non-hydrogen) atoms. The van der Waals surface area contributed by atoms with Crippen molar-refractivity contribution in [3.05, 3.63) is 34.9 Å². The number of fused-ring (bicyclic) bond motifs is 1. The lowest BCUT2D eigenvalue weighted by molar-refractivity contribution is -0.153. The van der Waals surface area contributed by atoms with E-state index in [4.69, 9.17) is 21.1 Å². The van der Waals surface area contributed by atoms with E-state index in [2.05, 4.69) is 11.4 Å². The topological polar surface area (TPSA) is 30.5 Å². The lowest BCUT2D eigenvalue weighted by atomic mass is 10.0. The maximum Gasteiger partial charge on any atom is 0.163 e. The van der Waals surface area contributed by atoms with Gasteiger partial charge >= 0.3 is 0 Å². The molecule has 0 bridgehead atoms. The maximum absolute atomic E-state index is 6.02. The van der Waals surface area contributed by atoms with E-state index in [-0.39, 0.29) is 18.2 Å². The Hall–Kier alpha value is -0.610. The standard InChI is InChI=1S/C13H16ClNO2/c1-13(2)16-10-7-15-11(12(10)17-13)8-4-3-5-9(14)6-8/h3-6,10-12,15H,7H2,1-2H3/t10?,11?,12-/m0/s1. The summed E-state index contributed by atoms with van der Waals surface area (Å²) >= 11 is 6.02. The third kappa shape index (κ3) is 2.08. The van der Waals surface area contributed by atoms with Crippen LogP contribution < -0.4 is 5.32 Å². The highest BCUT2D eigenvalue weighted by molar-refractivity contribution is 6.30. The van der Waals surface area contributed by atoms with Crippen LogP contribution in [0.2, 0.25) is 5.02 Å². The normalized spacial score (nSPS) is 34.9. The smallest absolute Gasteiger partial charge is 0.163 e. The molecule has 1 N–H and O–H groups in total. The fraction of sp³-hybridized carbons (Fsp3) is 0.538. The lowest BCUT2D eigenvalue weighted by Gasteiger charge is -2.22. The molecule has 1 aromatic carbocycles. The van der Waals surface area contributed by atoms with Gasteiger partial charge in [-0.2, -0.15) is 0 Å². The van der Waals surface area contributed by atoms with Crippen LogP contribution in [-0.2, 0) is 9.47 Å². The van der Waals surface area contributed by atoms with Crippen molar-refractivity contribution in [1.29, 1.82) is 0 Å². The zero-order chi connectivity index (χ0) is 12.0. The molecule has 1 aromatic rings. The zero-order valence-electron chi connectivity index (χ0n) is 9.94. The van der Waals surface area contributed by atoms with Crippen molar-refractivity contribution in [2.24, 2.45) is 0 Å². The van der Waals surface area contributed by atoms with E-state index in [1.54, 1.807) is 0 Å². The Morgan fingerprint density at radius 2 is 2.18 bits per heavy atom. The van der Waals surface area contributed by atoms with Crippen molar-refractivity contribution in [3.63, 3.8) is 0 Å². The summed E-state index contributed by atoms with van der Waals surface area (Å²) in [6, 6.07) is 8.07. The average Bonchev–Trinajstić information content (AvgIpc) is 2.72. The first-order valence-electron chi connectivity index (χ1n) is 5.90. The van der Waals surface area contributed by atoms with Crippen molar-refractivity contribution in [1.82, 2.24) is 5.32 Å². The summed E-state index contributed by atoms with van der Waals surface area (Å²) in [5.41, 5.74) is 1.16. The van der Waals surface area contributed by atoms with Crippen LogP contribution in [0.4, 0.5) is 0 Å². The molecule has 92 valence electrons. The fourth-order valence-corrected chi connectivity index (χ4v) is 2.87. The molecule has 0 spiro atoms. The van der Waals surface area contributed by atoms with Crippen LogP contribution in [-0.4, -0.2) is 24.5 Å². The highest BCUT2D eigenvalue weighted by atomic mass is 35.5. The number of halogens is 1. The molecular weight excluding hydrogens is 238 g/mol. The van der Waals surface area contributed by atoms with Gasteiger partial charge in [-0.3, -0.25) is 0 Å². The number of hydrogen-bond acceptors (Lipinski definition) is 3. The highest BCUT2D eigenvalue weighted by Crippen LogP contribution is 2.39. The Morgan fingerprint density at radius 3 is 2.94 bits per heavy atom. The van der Waals surface area contributed by atoms with Gasteiger partial charge in [-0.15, -0.1) is 0 Å². The van der Waals surface area contributed by atoms with Gasteiger partial charge in [-0.05, 0) is 31.5 Å². The van der Waals surface area contributed by atoms with Crippen LogP contribution in [0.1, 0.15) is 25.5 Å². The molecule has 3 atom stereocenters. The molecule has 0 amide bonds. The minimum absolute atomic E-state index is 0.0727. The summed E-state index contributed by atoms with van der Waals surface area (Å²) in [6.45, 7) is 4.74. The Balaban J connectivity index is 1.86. The zero-order valence-corrected chi connectivity index (χ0v) is 10.7. The predicted molar refractivity (Wildman–Crippen MR) is 66.0 cm³/mol. The van der Waals surface area contributed by atoms with Crippen molar-refractivity contribution >= 4 is 11.6 Å². The summed E-state index contributed by atoms with van der Waals surface area (Å²) < 4.78 is 11.8. The molecular formula is C13H16ClNO2. The number of rotatable bonds is 1. The van der Waals surface area contributed by atoms with E-state index in [1.807, 2.05) is 32.0 Å². The van der Waals surface area contributed by atoms with Gasteiger partial charge in [0.25, 0.3) is 0 Å². The molecule has 2 fully saturated rings. The Labute approximate surface area is 106 Å². The molecule has 2 saturated heterocycles. The highest BCUT2D eigenvalue weighted by Gasteiger charge is 2.49. The van der Waals surface area contributed by atoms with Gasteiger partial charge in [-0.1, -0.05) is 23.7 Å². The second kappa shape index (κ2) is 3.95. The third-order valence-electron chi connectivity index (χ3n) is 3.30. The summed E-state index contributed by atoms with van der Waals surface area (Å²) in [5.74, 6) is -0.478. The van der Waals surface area contributed by atoms with Gasteiger partial charge in [0, 0.05) is 11.6 Å². The van der Waals surface area contributed by atoms with Crippen LogP contribution >= 0.6 is 11.6 Å².